The molecule has 0 saturated carbocycles. The van der Waals surface area contributed by atoms with E-state index in [-0.39, 0.29) is 5.28 Å². The molecule has 0 N–H and O–H groups in total. The van der Waals surface area contributed by atoms with Gasteiger partial charge in [-0.05, 0) is 61.6 Å². The lowest BCUT2D eigenvalue weighted by atomic mass is 9.99. The van der Waals surface area contributed by atoms with Crippen LogP contribution in [0.25, 0.3) is 16.9 Å². The average molecular weight is 425 g/mol. The molecular formula is C19H20Cl3N5. The highest BCUT2D eigenvalue weighted by atomic mass is 35.5. The third-order valence-electron chi connectivity index (χ3n) is 5.06. The van der Waals surface area contributed by atoms with Gasteiger partial charge in [0.05, 0.1) is 10.7 Å². The summed E-state index contributed by atoms with van der Waals surface area (Å²) in [4.78, 5) is 11.5. The maximum absolute atomic E-state index is 6.34. The van der Waals surface area contributed by atoms with Gasteiger partial charge in [-0.3, -0.25) is 0 Å². The summed E-state index contributed by atoms with van der Waals surface area (Å²) in [6.07, 6.45) is 3.32. The van der Waals surface area contributed by atoms with Gasteiger partial charge in [-0.1, -0.05) is 30.1 Å². The molecule has 2 aromatic heterocycles. The average Bonchev–Trinajstić information content (AvgIpc) is 3.05. The lowest BCUT2D eigenvalue weighted by molar-refractivity contribution is 0.193. The van der Waals surface area contributed by atoms with Crippen LogP contribution in [-0.4, -0.2) is 44.1 Å². The zero-order valence-corrected chi connectivity index (χ0v) is 17.3. The molecule has 1 aliphatic rings. The van der Waals surface area contributed by atoms with Crippen LogP contribution in [0.2, 0.25) is 15.3 Å². The molecule has 3 heterocycles. The summed E-state index contributed by atoms with van der Waals surface area (Å²) in [5.74, 6) is 1.61. The number of hydrogen-bond donors (Lipinski definition) is 0. The summed E-state index contributed by atoms with van der Waals surface area (Å²) in [5.41, 5.74) is 2.08. The second-order valence-electron chi connectivity index (χ2n) is 7.11. The highest BCUT2D eigenvalue weighted by Crippen LogP contribution is 2.30. The van der Waals surface area contributed by atoms with Gasteiger partial charge in [-0.2, -0.15) is 4.52 Å². The first kappa shape index (κ1) is 18.9. The molecule has 1 fully saturated rings. The highest BCUT2D eigenvalue weighted by Gasteiger charge is 2.17. The van der Waals surface area contributed by atoms with E-state index in [4.69, 9.17) is 34.8 Å². The van der Waals surface area contributed by atoms with E-state index in [1.54, 1.807) is 16.6 Å². The summed E-state index contributed by atoms with van der Waals surface area (Å²) >= 11 is 18.6. The van der Waals surface area contributed by atoms with Crippen LogP contribution in [0.5, 0.6) is 0 Å². The lowest BCUT2D eigenvalue weighted by Gasteiger charge is -2.29. The first-order chi connectivity index (χ1) is 13.0. The third-order valence-corrected chi connectivity index (χ3v) is 5.86. The van der Waals surface area contributed by atoms with Crippen molar-refractivity contribution in [3.63, 3.8) is 0 Å². The van der Waals surface area contributed by atoms with Crippen LogP contribution in [0.15, 0.2) is 24.3 Å². The number of hydrogen-bond acceptors (Lipinski definition) is 4. The molecule has 1 saturated heterocycles. The van der Waals surface area contributed by atoms with Crippen molar-refractivity contribution in [3.8, 4) is 11.3 Å². The number of piperidine rings is 1. The molecule has 1 aromatic carbocycles. The van der Waals surface area contributed by atoms with Crippen molar-refractivity contribution in [1.29, 1.82) is 0 Å². The van der Waals surface area contributed by atoms with Crippen LogP contribution in [0.1, 0.15) is 25.6 Å². The van der Waals surface area contributed by atoms with Gasteiger partial charge in [0.15, 0.2) is 11.5 Å². The topological polar surface area (TPSA) is 46.3 Å². The molecule has 8 heteroatoms. The SMILES string of the molecule is CC1CCN(CCc2nc3cc(-c4ccc(Cl)cc4Cl)nc(Cl)n3n2)CC1. The van der Waals surface area contributed by atoms with Crippen LogP contribution in [-0.2, 0) is 6.42 Å². The van der Waals surface area contributed by atoms with Gasteiger partial charge >= 0.3 is 0 Å². The number of aromatic nitrogens is 4. The number of benzene rings is 1. The van der Waals surface area contributed by atoms with Crippen molar-refractivity contribution >= 4 is 40.4 Å². The minimum atomic E-state index is 0.263. The Hall–Kier alpha value is -1.40. The van der Waals surface area contributed by atoms with Crippen LogP contribution in [0, 0.1) is 5.92 Å². The van der Waals surface area contributed by atoms with Gasteiger partial charge in [-0.15, -0.1) is 5.10 Å². The van der Waals surface area contributed by atoms with Gasteiger partial charge < -0.3 is 4.90 Å². The minimum absolute atomic E-state index is 0.263. The van der Waals surface area contributed by atoms with Gasteiger partial charge in [0.25, 0.3) is 0 Å². The molecule has 27 heavy (non-hydrogen) atoms. The summed E-state index contributed by atoms with van der Waals surface area (Å²) in [5, 5.41) is 5.88. The molecule has 142 valence electrons. The van der Waals surface area contributed by atoms with E-state index >= 15 is 0 Å². The molecule has 4 rings (SSSR count). The number of nitrogens with zero attached hydrogens (tertiary/aromatic N) is 5. The first-order valence-corrected chi connectivity index (χ1v) is 10.2. The third kappa shape index (κ3) is 4.21. The van der Waals surface area contributed by atoms with E-state index < -0.39 is 0 Å². The Bertz CT molecular complexity index is 963. The van der Waals surface area contributed by atoms with Gasteiger partial charge in [0, 0.05) is 29.6 Å². The number of rotatable bonds is 4. The monoisotopic (exact) mass is 423 g/mol. The van der Waals surface area contributed by atoms with E-state index in [0.29, 0.717) is 21.4 Å². The fourth-order valence-corrected chi connectivity index (χ4v) is 4.10. The Kier molecular flexibility index (Phi) is 5.55. The molecule has 1 aliphatic heterocycles. The standard InChI is InChI=1S/C19H20Cl3N5/c1-12-4-7-26(8-5-12)9-6-17-24-18-11-16(23-19(22)27(18)25-17)14-3-2-13(20)10-15(14)21/h2-3,10-12H,4-9H2,1H3. The van der Waals surface area contributed by atoms with Crippen molar-refractivity contribution in [2.45, 2.75) is 26.2 Å². The maximum Gasteiger partial charge on any atom is 0.226 e. The van der Waals surface area contributed by atoms with Crippen molar-refractivity contribution in [3.05, 3.63) is 45.4 Å². The molecule has 3 aromatic rings. The Balaban J connectivity index is 1.56. The second-order valence-corrected chi connectivity index (χ2v) is 8.29. The summed E-state index contributed by atoms with van der Waals surface area (Å²) in [6.45, 7) is 5.58. The maximum atomic E-state index is 6.34. The van der Waals surface area contributed by atoms with Crippen LogP contribution < -0.4 is 0 Å². The molecule has 0 amide bonds. The fourth-order valence-electron chi connectivity index (χ4n) is 3.38. The molecule has 0 radical (unpaired) electrons. The Morgan fingerprint density at radius 3 is 2.59 bits per heavy atom. The Labute approximate surface area is 173 Å². The quantitative estimate of drug-likeness (QED) is 0.551. The minimum Gasteiger partial charge on any atom is -0.303 e. The van der Waals surface area contributed by atoms with E-state index in [1.807, 2.05) is 12.1 Å². The normalized spacial score (nSPS) is 16.3. The first-order valence-electron chi connectivity index (χ1n) is 9.09. The summed E-state index contributed by atoms with van der Waals surface area (Å²) in [6, 6.07) is 7.14. The molecule has 0 spiro atoms. The van der Waals surface area contributed by atoms with Crippen molar-refractivity contribution in [2.24, 2.45) is 5.92 Å². The van der Waals surface area contributed by atoms with E-state index in [0.717, 1.165) is 43.4 Å². The zero-order chi connectivity index (χ0) is 19.0. The van der Waals surface area contributed by atoms with Gasteiger partial charge in [0.1, 0.15) is 0 Å². The Morgan fingerprint density at radius 2 is 1.85 bits per heavy atom. The lowest BCUT2D eigenvalue weighted by Crippen LogP contribution is -2.34. The van der Waals surface area contributed by atoms with Gasteiger partial charge in [0.2, 0.25) is 5.28 Å². The fraction of sp³-hybridized carbons (Fsp3) is 0.421. The van der Waals surface area contributed by atoms with Crippen LogP contribution in [0.3, 0.4) is 0 Å². The number of halogens is 3. The number of likely N-dealkylation sites (tertiary alicyclic amines) is 1. The summed E-state index contributed by atoms with van der Waals surface area (Å²) in [7, 11) is 0. The van der Waals surface area contributed by atoms with E-state index in [1.165, 1.54) is 12.8 Å². The summed E-state index contributed by atoms with van der Waals surface area (Å²) < 4.78 is 1.57. The van der Waals surface area contributed by atoms with Crippen LogP contribution in [0.4, 0.5) is 0 Å². The van der Waals surface area contributed by atoms with Crippen molar-refractivity contribution < 1.29 is 0 Å². The van der Waals surface area contributed by atoms with E-state index in [9.17, 15) is 0 Å². The Morgan fingerprint density at radius 1 is 1.07 bits per heavy atom. The van der Waals surface area contributed by atoms with Gasteiger partial charge in [-0.25, -0.2) is 9.97 Å². The molecule has 0 unspecified atom stereocenters. The number of fused-ring (bicyclic) bond motifs is 1. The molecule has 5 nitrogen and oxygen atoms in total. The second kappa shape index (κ2) is 7.92. The largest absolute Gasteiger partial charge is 0.303 e. The highest BCUT2D eigenvalue weighted by molar-refractivity contribution is 6.36. The van der Waals surface area contributed by atoms with Crippen LogP contribution >= 0.6 is 34.8 Å². The predicted octanol–water partition coefficient (Wildman–Crippen LogP) is 5.03. The molecular weight excluding hydrogens is 405 g/mol. The molecule has 0 bridgehead atoms. The molecule has 0 aliphatic carbocycles. The van der Waals surface area contributed by atoms with Crippen molar-refractivity contribution in [2.75, 3.05) is 19.6 Å². The predicted molar refractivity (Wildman–Crippen MR) is 110 cm³/mol. The molecule has 0 atom stereocenters. The van der Waals surface area contributed by atoms with E-state index in [2.05, 4.69) is 26.9 Å². The smallest absolute Gasteiger partial charge is 0.226 e. The zero-order valence-electron chi connectivity index (χ0n) is 15.0. The van der Waals surface area contributed by atoms with Crippen molar-refractivity contribution in [1.82, 2.24) is 24.5 Å².